The van der Waals surface area contributed by atoms with Gasteiger partial charge in [0.05, 0.1) is 5.02 Å². The van der Waals surface area contributed by atoms with Gasteiger partial charge < -0.3 is 0 Å². The lowest BCUT2D eigenvalue weighted by Crippen LogP contribution is -1.70. The highest BCUT2D eigenvalue weighted by atomic mass is 127. The van der Waals surface area contributed by atoms with Crippen molar-refractivity contribution in [3.63, 3.8) is 0 Å². The molecule has 1 aromatic heterocycles. The predicted molar refractivity (Wildman–Crippen MR) is 72.2 cm³/mol. The maximum atomic E-state index is 6.21. The van der Waals surface area contributed by atoms with Crippen molar-refractivity contribution in [2.24, 2.45) is 0 Å². The largest absolute Gasteiger partial charge is 0.138 e. The lowest BCUT2D eigenvalue weighted by molar-refractivity contribution is 1.59. The number of rotatable bonds is 1. The molecule has 0 aliphatic heterocycles. The van der Waals surface area contributed by atoms with E-state index in [-0.39, 0.29) is 0 Å². The molecule has 1 aromatic carbocycles. The van der Waals surface area contributed by atoms with Crippen LogP contribution in [-0.4, -0.2) is 0 Å². The summed E-state index contributed by atoms with van der Waals surface area (Å²) in [5.74, 6) is 0. The van der Waals surface area contributed by atoms with E-state index in [1.165, 1.54) is 18.5 Å². The molecule has 13 heavy (non-hydrogen) atoms. The van der Waals surface area contributed by atoms with Crippen LogP contribution in [0.15, 0.2) is 18.2 Å². The lowest BCUT2D eigenvalue weighted by atomic mass is 10.2. The Balaban J connectivity index is 2.77. The molecular weight excluding hydrogens is 382 g/mol. The molecule has 0 spiro atoms. The summed E-state index contributed by atoms with van der Waals surface area (Å²) in [6.07, 6.45) is 0. The van der Waals surface area contributed by atoms with Crippen LogP contribution in [-0.2, 0) is 5.33 Å². The number of benzene rings is 1. The second-order valence-corrected chi connectivity index (χ2v) is 5.93. The van der Waals surface area contributed by atoms with Gasteiger partial charge in [-0.1, -0.05) is 27.5 Å². The third-order valence-corrected chi connectivity index (χ3v) is 5.09. The first-order chi connectivity index (χ1) is 6.22. The van der Waals surface area contributed by atoms with Gasteiger partial charge in [0, 0.05) is 23.9 Å². The van der Waals surface area contributed by atoms with Crippen molar-refractivity contribution in [1.29, 1.82) is 0 Å². The molecule has 0 radical (unpaired) electrons. The van der Waals surface area contributed by atoms with Crippen molar-refractivity contribution in [3.8, 4) is 0 Å². The average molecular weight is 387 g/mol. The minimum absolute atomic E-state index is 0.835. The Labute approximate surface area is 108 Å². The molecule has 4 heteroatoms. The molecule has 0 atom stereocenters. The van der Waals surface area contributed by atoms with Crippen LogP contribution < -0.4 is 0 Å². The van der Waals surface area contributed by atoms with Crippen LogP contribution in [0.2, 0.25) is 5.02 Å². The van der Waals surface area contributed by atoms with Crippen molar-refractivity contribution in [3.05, 3.63) is 31.7 Å². The molecule has 0 nitrogen and oxygen atoms in total. The molecule has 0 amide bonds. The summed E-state index contributed by atoms with van der Waals surface area (Å²) in [5, 5.41) is 2.91. The Bertz CT molecular complexity index is 452. The van der Waals surface area contributed by atoms with Crippen LogP contribution in [0.3, 0.4) is 0 Å². The number of alkyl halides is 1. The van der Waals surface area contributed by atoms with Crippen molar-refractivity contribution < 1.29 is 0 Å². The second kappa shape index (κ2) is 4.04. The van der Waals surface area contributed by atoms with Gasteiger partial charge in [0.15, 0.2) is 0 Å². The molecule has 0 aliphatic carbocycles. The van der Waals surface area contributed by atoms with Crippen LogP contribution in [0.4, 0.5) is 0 Å². The highest BCUT2D eigenvalue weighted by Gasteiger charge is 2.08. The normalized spacial score (nSPS) is 11.0. The molecule has 0 bridgehead atoms. The summed E-state index contributed by atoms with van der Waals surface area (Å²) < 4.78 is 2.49. The Morgan fingerprint density at radius 3 is 2.92 bits per heavy atom. The molecule has 2 aromatic rings. The summed E-state index contributed by atoms with van der Waals surface area (Å²) >= 11 is 13.7. The molecule has 0 saturated carbocycles. The van der Waals surface area contributed by atoms with E-state index in [1.807, 2.05) is 0 Å². The maximum Gasteiger partial charge on any atom is 0.0632 e. The zero-order valence-corrected chi connectivity index (χ0v) is 11.8. The highest BCUT2D eigenvalue weighted by Crippen LogP contribution is 2.37. The molecule has 0 N–H and O–H groups in total. The van der Waals surface area contributed by atoms with Crippen LogP contribution in [0.5, 0.6) is 0 Å². The molecule has 1 heterocycles. The molecule has 2 rings (SSSR count). The Morgan fingerprint density at radius 1 is 1.46 bits per heavy atom. The molecule has 0 unspecified atom stereocenters. The number of hydrogen-bond donors (Lipinski definition) is 0. The van der Waals surface area contributed by atoms with E-state index in [4.69, 9.17) is 11.6 Å². The van der Waals surface area contributed by atoms with Crippen molar-refractivity contribution >= 4 is 71.5 Å². The van der Waals surface area contributed by atoms with E-state index in [2.05, 4.69) is 56.7 Å². The Kier molecular flexibility index (Phi) is 3.18. The van der Waals surface area contributed by atoms with Gasteiger partial charge >= 0.3 is 0 Å². The van der Waals surface area contributed by atoms with Crippen LogP contribution in [0.1, 0.15) is 4.88 Å². The average Bonchev–Trinajstić information content (AvgIpc) is 2.44. The van der Waals surface area contributed by atoms with E-state index in [0.717, 1.165) is 10.4 Å². The summed E-state index contributed by atoms with van der Waals surface area (Å²) in [4.78, 5) is 1.21. The van der Waals surface area contributed by atoms with Gasteiger partial charge in [-0.2, -0.15) is 0 Å². The first-order valence-corrected chi connectivity index (χ1v) is 7.04. The Morgan fingerprint density at radius 2 is 2.23 bits per heavy atom. The zero-order chi connectivity index (χ0) is 9.42. The minimum Gasteiger partial charge on any atom is -0.138 e. The smallest absolute Gasteiger partial charge is 0.0632 e. The summed E-state index contributed by atoms with van der Waals surface area (Å²) in [7, 11) is 0. The number of fused-ring (bicyclic) bond motifs is 1. The van der Waals surface area contributed by atoms with Gasteiger partial charge in [-0.3, -0.25) is 0 Å². The first-order valence-electron chi connectivity index (χ1n) is 3.65. The summed E-state index contributed by atoms with van der Waals surface area (Å²) in [5.41, 5.74) is 0. The third-order valence-electron chi connectivity index (χ3n) is 1.78. The second-order valence-electron chi connectivity index (χ2n) is 2.61. The predicted octanol–water partition coefficient (Wildman–Crippen LogP) is 5.05. The quantitative estimate of drug-likeness (QED) is 0.474. The van der Waals surface area contributed by atoms with E-state index in [9.17, 15) is 0 Å². The van der Waals surface area contributed by atoms with Gasteiger partial charge in [-0.15, -0.1) is 11.3 Å². The third kappa shape index (κ3) is 1.89. The standard InChI is InChI=1S/C9H5BrClIS/c10-4-8-9(11)6-3-5(12)1-2-7(6)13-8/h1-3H,4H2. The van der Waals surface area contributed by atoms with Crippen molar-refractivity contribution in [2.75, 3.05) is 0 Å². The van der Waals surface area contributed by atoms with E-state index in [0.29, 0.717) is 0 Å². The fourth-order valence-electron chi connectivity index (χ4n) is 1.18. The van der Waals surface area contributed by atoms with Gasteiger partial charge in [-0.25, -0.2) is 0 Å². The van der Waals surface area contributed by atoms with E-state index in [1.54, 1.807) is 11.3 Å². The lowest BCUT2D eigenvalue weighted by Gasteiger charge is -1.91. The van der Waals surface area contributed by atoms with E-state index < -0.39 is 0 Å². The molecule has 0 fully saturated rings. The monoisotopic (exact) mass is 386 g/mol. The molecule has 0 saturated heterocycles. The minimum atomic E-state index is 0.835. The number of halogens is 3. The summed E-state index contributed by atoms with van der Waals surface area (Å²) in [6.45, 7) is 0. The fourth-order valence-corrected chi connectivity index (χ4v) is 3.77. The van der Waals surface area contributed by atoms with Gasteiger partial charge in [-0.05, 0) is 40.8 Å². The highest BCUT2D eigenvalue weighted by molar-refractivity contribution is 14.1. The van der Waals surface area contributed by atoms with Crippen LogP contribution >= 0.6 is 61.5 Å². The van der Waals surface area contributed by atoms with Crippen molar-refractivity contribution in [2.45, 2.75) is 5.33 Å². The first kappa shape index (κ1) is 10.2. The number of thiophene rings is 1. The van der Waals surface area contributed by atoms with Crippen LogP contribution in [0.25, 0.3) is 10.1 Å². The molecule has 68 valence electrons. The number of hydrogen-bond acceptors (Lipinski definition) is 1. The van der Waals surface area contributed by atoms with Gasteiger partial charge in [0.25, 0.3) is 0 Å². The fraction of sp³-hybridized carbons (Fsp3) is 0.111. The SMILES string of the molecule is Clc1c(CBr)sc2ccc(I)cc12. The summed E-state index contributed by atoms with van der Waals surface area (Å²) in [6, 6.07) is 6.36. The Hall–Kier alpha value is 0.680. The van der Waals surface area contributed by atoms with Gasteiger partial charge in [0.2, 0.25) is 0 Å². The molecular formula is C9H5BrClIS. The van der Waals surface area contributed by atoms with E-state index >= 15 is 0 Å². The zero-order valence-electron chi connectivity index (χ0n) is 6.48. The maximum absolute atomic E-state index is 6.21. The van der Waals surface area contributed by atoms with Crippen LogP contribution in [0, 0.1) is 3.57 Å². The van der Waals surface area contributed by atoms with Gasteiger partial charge in [0.1, 0.15) is 0 Å². The molecule has 0 aliphatic rings. The topological polar surface area (TPSA) is 0 Å². The van der Waals surface area contributed by atoms with Crippen molar-refractivity contribution in [1.82, 2.24) is 0 Å².